The monoisotopic (exact) mass is 418 g/mol. The summed E-state index contributed by atoms with van der Waals surface area (Å²) in [5, 5.41) is 8.32. The number of morpholine rings is 1. The van der Waals surface area contributed by atoms with Crippen LogP contribution in [0, 0.1) is 0 Å². The van der Waals surface area contributed by atoms with Crippen LogP contribution >= 0.6 is 11.8 Å². The fourth-order valence-corrected chi connectivity index (χ4v) is 5.30. The van der Waals surface area contributed by atoms with Gasteiger partial charge in [-0.1, -0.05) is 18.2 Å². The number of para-hydroxylation sites is 1. The largest absolute Gasteiger partial charge is 0.370 e. The Labute approximate surface area is 173 Å². The lowest BCUT2D eigenvalue weighted by molar-refractivity contribution is -0.906. The highest BCUT2D eigenvalue weighted by molar-refractivity contribution is 8.15. The molecule has 1 aromatic rings. The van der Waals surface area contributed by atoms with Crippen LogP contribution in [0.15, 0.2) is 29.4 Å². The maximum Gasteiger partial charge on any atom is 0.271 e. The van der Waals surface area contributed by atoms with Gasteiger partial charge in [0.15, 0.2) is 5.17 Å². The first-order valence-electron chi connectivity index (χ1n) is 9.62. The molecule has 154 valence electrons. The number of carbonyl (C=O) groups is 3. The van der Waals surface area contributed by atoms with E-state index in [1.807, 2.05) is 24.3 Å². The lowest BCUT2D eigenvalue weighted by Crippen LogP contribution is -3.14. The van der Waals surface area contributed by atoms with E-state index in [-0.39, 0.29) is 22.9 Å². The zero-order chi connectivity index (χ0) is 20.6. The normalized spacial score (nSPS) is 24.1. The van der Waals surface area contributed by atoms with E-state index in [2.05, 4.69) is 10.4 Å². The zero-order valence-corrected chi connectivity index (χ0v) is 17.3. The Balaban J connectivity index is 1.66. The molecule has 9 nitrogen and oxygen atoms in total. The summed E-state index contributed by atoms with van der Waals surface area (Å²) in [5.74, 6) is -0.874. The van der Waals surface area contributed by atoms with Crippen LogP contribution in [0.4, 0.5) is 5.69 Å². The number of carbonyl (C=O) groups excluding carboxylic acids is 3. The van der Waals surface area contributed by atoms with Gasteiger partial charge >= 0.3 is 0 Å². The molecule has 1 fully saturated rings. The van der Waals surface area contributed by atoms with E-state index in [0.717, 1.165) is 50.3 Å². The Kier molecular flexibility index (Phi) is 5.32. The third-order valence-corrected chi connectivity index (χ3v) is 6.54. The van der Waals surface area contributed by atoms with Crippen LogP contribution in [0.25, 0.3) is 0 Å². The molecule has 2 N–H and O–H groups in total. The summed E-state index contributed by atoms with van der Waals surface area (Å²) in [6.45, 7) is 7.36. The first-order chi connectivity index (χ1) is 13.9. The van der Waals surface area contributed by atoms with Crippen molar-refractivity contribution in [2.45, 2.75) is 18.7 Å². The van der Waals surface area contributed by atoms with Gasteiger partial charge < -0.3 is 19.9 Å². The van der Waals surface area contributed by atoms with Crippen molar-refractivity contribution in [1.29, 1.82) is 0 Å². The van der Waals surface area contributed by atoms with Crippen LogP contribution in [0.1, 0.15) is 19.4 Å². The Morgan fingerprint density at radius 3 is 2.69 bits per heavy atom. The number of benzene rings is 1. The molecule has 1 saturated heterocycles. The Bertz CT molecular complexity index is 885. The van der Waals surface area contributed by atoms with Gasteiger partial charge in [-0.3, -0.25) is 14.4 Å². The molecule has 0 radical (unpaired) electrons. The minimum absolute atomic E-state index is 0.212. The van der Waals surface area contributed by atoms with Gasteiger partial charge in [0.1, 0.15) is 13.1 Å². The lowest BCUT2D eigenvalue weighted by atomic mass is 10.1. The van der Waals surface area contributed by atoms with E-state index >= 15 is 0 Å². The predicted octanol–water partition coefficient (Wildman–Crippen LogP) is -0.896. The molecule has 0 aromatic heterocycles. The van der Waals surface area contributed by atoms with Gasteiger partial charge in [0.2, 0.25) is 16.7 Å². The van der Waals surface area contributed by atoms with Crippen molar-refractivity contribution in [3.63, 3.8) is 0 Å². The van der Waals surface area contributed by atoms with Crippen molar-refractivity contribution in [2.24, 2.45) is 5.10 Å². The Morgan fingerprint density at radius 1 is 1.28 bits per heavy atom. The third kappa shape index (κ3) is 3.41. The number of anilines is 1. The third-order valence-electron chi connectivity index (χ3n) is 5.30. The number of amides is 3. The van der Waals surface area contributed by atoms with Crippen LogP contribution in [0.5, 0.6) is 0 Å². The van der Waals surface area contributed by atoms with Crippen molar-refractivity contribution in [3.8, 4) is 0 Å². The number of amidine groups is 1. The molecular formula is C19H24N5O4S+. The molecule has 3 heterocycles. The van der Waals surface area contributed by atoms with E-state index in [1.165, 1.54) is 23.8 Å². The minimum atomic E-state index is -1.32. The molecule has 0 unspecified atom stereocenters. The molecule has 0 saturated carbocycles. The molecule has 3 aliphatic rings. The van der Waals surface area contributed by atoms with E-state index in [9.17, 15) is 14.4 Å². The number of quaternary nitrogens is 1. The number of hydrazone groups is 1. The number of nitrogens with one attached hydrogen (secondary N) is 2. The van der Waals surface area contributed by atoms with Crippen molar-refractivity contribution in [2.75, 3.05) is 44.3 Å². The van der Waals surface area contributed by atoms with E-state index in [1.54, 1.807) is 4.90 Å². The van der Waals surface area contributed by atoms with Gasteiger partial charge in [-0.05, 0) is 17.8 Å². The summed E-state index contributed by atoms with van der Waals surface area (Å²) in [6, 6.07) is 7.47. The fraction of sp³-hybridized carbons (Fsp3) is 0.474. The number of ether oxygens (including phenoxy) is 1. The van der Waals surface area contributed by atoms with Gasteiger partial charge in [0.25, 0.3) is 5.91 Å². The SMILES string of the molecule is CC(=O)NC1=NN(C(C)=O)[C@]2(S1)C(=O)N(CC[NH+]1CCOCC1)c1ccccc12. The Morgan fingerprint density at radius 2 is 2.00 bits per heavy atom. The summed E-state index contributed by atoms with van der Waals surface area (Å²) < 4.78 is 5.41. The maximum absolute atomic E-state index is 13.7. The molecule has 1 aromatic carbocycles. The van der Waals surface area contributed by atoms with E-state index < -0.39 is 4.87 Å². The van der Waals surface area contributed by atoms with Gasteiger partial charge in [-0.15, -0.1) is 5.10 Å². The van der Waals surface area contributed by atoms with Crippen LogP contribution in [0.2, 0.25) is 0 Å². The van der Waals surface area contributed by atoms with E-state index in [0.29, 0.717) is 12.1 Å². The van der Waals surface area contributed by atoms with Gasteiger partial charge in [-0.2, -0.15) is 5.01 Å². The van der Waals surface area contributed by atoms with Crippen molar-refractivity contribution >= 4 is 40.3 Å². The molecular weight excluding hydrogens is 394 g/mol. The zero-order valence-electron chi connectivity index (χ0n) is 16.4. The Hall–Kier alpha value is -2.43. The quantitative estimate of drug-likeness (QED) is 0.664. The summed E-state index contributed by atoms with van der Waals surface area (Å²) in [6.07, 6.45) is 0. The second-order valence-corrected chi connectivity index (χ2v) is 8.43. The molecule has 3 amide bonds. The van der Waals surface area contributed by atoms with Crippen LogP contribution in [0.3, 0.4) is 0 Å². The molecule has 29 heavy (non-hydrogen) atoms. The van der Waals surface area contributed by atoms with Crippen LogP contribution < -0.4 is 15.1 Å². The number of hydrogen-bond donors (Lipinski definition) is 2. The average molecular weight is 418 g/mol. The molecule has 10 heteroatoms. The molecule has 3 aliphatic heterocycles. The van der Waals surface area contributed by atoms with Crippen molar-refractivity contribution in [3.05, 3.63) is 29.8 Å². The topological polar surface area (TPSA) is 95.8 Å². The van der Waals surface area contributed by atoms with Crippen LogP contribution in [-0.2, 0) is 24.0 Å². The van der Waals surface area contributed by atoms with Gasteiger partial charge in [-0.25, -0.2) is 0 Å². The number of nitrogens with zero attached hydrogens (tertiary/aromatic N) is 3. The van der Waals surface area contributed by atoms with Crippen molar-refractivity contribution in [1.82, 2.24) is 10.3 Å². The highest BCUT2D eigenvalue weighted by Gasteiger charge is 2.61. The number of thioether (sulfide) groups is 1. The fourth-order valence-electron chi connectivity index (χ4n) is 3.97. The summed E-state index contributed by atoms with van der Waals surface area (Å²) >= 11 is 1.11. The molecule has 4 rings (SSSR count). The minimum Gasteiger partial charge on any atom is -0.370 e. The summed E-state index contributed by atoms with van der Waals surface area (Å²) in [7, 11) is 0. The second kappa shape index (κ2) is 7.77. The molecule has 0 bridgehead atoms. The molecule has 1 spiro atoms. The van der Waals surface area contributed by atoms with Crippen LogP contribution in [-0.4, -0.2) is 67.3 Å². The highest BCUT2D eigenvalue weighted by atomic mass is 32.2. The molecule has 0 aliphatic carbocycles. The first kappa shape index (κ1) is 19.9. The van der Waals surface area contributed by atoms with Gasteiger partial charge in [0, 0.05) is 19.4 Å². The number of fused-ring (bicyclic) bond motifs is 2. The maximum atomic E-state index is 13.7. The standard InChI is InChI=1S/C19H23N5O4S/c1-13(25)20-18-21-24(14(2)26)19(29-18)15-5-3-4-6-16(15)23(17(19)27)8-7-22-9-11-28-12-10-22/h3-6H,7-12H2,1-2H3,(H,20,21,25)/p+1/t19-/m1/s1. The molecule has 1 atom stereocenters. The highest BCUT2D eigenvalue weighted by Crippen LogP contribution is 2.54. The van der Waals surface area contributed by atoms with Gasteiger partial charge in [0.05, 0.1) is 32.0 Å². The number of hydrogen-bond acceptors (Lipinski definition) is 6. The average Bonchev–Trinajstić information content (AvgIpc) is 3.18. The predicted molar refractivity (Wildman–Crippen MR) is 108 cm³/mol. The summed E-state index contributed by atoms with van der Waals surface area (Å²) in [5.41, 5.74) is 1.49. The lowest BCUT2D eigenvalue weighted by Gasteiger charge is -2.30. The number of rotatable bonds is 3. The smallest absolute Gasteiger partial charge is 0.271 e. The summed E-state index contributed by atoms with van der Waals surface area (Å²) in [4.78, 5) is 39.5. The van der Waals surface area contributed by atoms with E-state index in [4.69, 9.17) is 4.74 Å². The first-order valence-corrected chi connectivity index (χ1v) is 10.4. The van der Waals surface area contributed by atoms with Crippen molar-refractivity contribution < 1.29 is 24.0 Å². The second-order valence-electron chi connectivity index (χ2n) is 7.25.